The van der Waals surface area contributed by atoms with E-state index >= 15 is 0 Å². The van der Waals surface area contributed by atoms with Crippen molar-refractivity contribution in [1.82, 2.24) is 0 Å². The highest BCUT2D eigenvalue weighted by atomic mass is 32.2. The molecule has 60 valence electrons. The second-order valence-electron chi connectivity index (χ2n) is 2.64. The van der Waals surface area contributed by atoms with Crippen molar-refractivity contribution < 1.29 is 0 Å². The Morgan fingerprint density at radius 1 is 1.40 bits per heavy atom. The molecular formula is C8H17NS. The van der Waals surface area contributed by atoms with Gasteiger partial charge in [0.15, 0.2) is 0 Å². The van der Waals surface area contributed by atoms with Gasteiger partial charge in [0.2, 0.25) is 0 Å². The summed E-state index contributed by atoms with van der Waals surface area (Å²) in [7, 11) is 0. The van der Waals surface area contributed by atoms with Crippen LogP contribution in [0.5, 0.6) is 0 Å². The summed E-state index contributed by atoms with van der Waals surface area (Å²) in [4.78, 5) is 0. The first-order valence-corrected chi connectivity index (χ1v) is 4.85. The Balaban J connectivity index is 2.97. The maximum atomic E-state index is 5.27. The van der Waals surface area contributed by atoms with Crippen LogP contribution in [0.1, 0.15) is 13.8 Å². The van der Waals surface area contributed by atoms with Crippen LogP contribution >= 0.6 is 11.8 Å². The standard InChI is InChI=1S/C8H17NS/c1-8(2)7-10-6-4-3-5-9/h3-4,8H,5-7,9H2,1-2H3/b4-3+. The van der Waals surface area contributed by atoms with E-state index in [1.54, 1.807) is 0 Å². The minimum Gasteiger partial charge on any atom is -0.327 e. The van der Waals surface area contributed by atoms with Gasteiger partial charge < -0.3 is 5.73 Å². The van der Waals surface area contributed by atoms with Gasteiger partial charge >= 0.3 is 0 Å². The molecule has 0 unspecified atom stereocenters. The smallest absolute Gasteiger partial charge is 0.0113 e. The van der Waals surface area contributed by atoms with Gasteiger partial charge in [-0.2, -0.15) is 11.8 Å². The lowest BCUT2D eigenvalue weighted by molar-refractivity contribution is 0.751. The molecule has 0 aromatic rings. The molecule has 2 heteroatoms. The monoisotopic (exact) mass is 159 g/mol. The predicted octanol–water partition coefficient (Wildman–Crippen LogP) is 1.89. The van der Waals surface area contributed by atoms with Crippen LogP contribution in [0.25, 0.3) is 0 Å². The molecule has 0 aromatic carbocycles. The fourth-order valence-corrected chi connectivity index (χ4v) is 1.42. The Bertz CT molecular complexity index is 89.3. The minimum atomic E-state index is 0.669. The summed E-state index contributed by atoms with van der Waals surface area (Å²) in [5.74, 6) is 3.15. The Kier molecular flexibility index (Phi) is 7.20. The van der Waals surface area contributed by atoms with Gasteiger partial charge in [-0.25, -0.2) is 0 Å². The first kappa shape index (κ1) is 10.0. The molecule has 0 spiro atoms. The second kappa shape index (κ2) is 7.16. The summed E-state index contributed by atoms with van der Waals surface area (Å²) >= 11 is 1.96. The lowest BCUT2D eigenvalue weighted by Gasteiger charge is -2.00. The summed E-state index contributed by atoms with van der Waals surface area (Å²) in [5.41, 5.74) is 5.27. The number of nitrogens with two attached hydrogens (primary N) is 1. The van der Waals surface area contributed by atoms with E-state index in [0.29, 0.717) is 6.54 Å². The zero-order valence-electron chi connectivity index (χ0n) is 6.84. The van der Waals surface area contributed by atoms with Crippen LogP contribution in [0.3, 0.4) is 0 Å². The number of hydrogen-bond donors (Lipinski definition) is 1. The van der Waals surface area contributed by atoms with E-state index in [1.165, 1.54) is 5.75 Å². The normalized spacial score (nSPS) is 11.6. The molecule has 0 aliphatic rings. The highest BCUT2D eigenvalue weighted by molar-refractivity contribution is 7.99. The predicted molar refractivity (Wildman–Crippen MR) is 50.4 cm³/mol. The van der Waals surface area contributed by atoms with Crippen molar-refractivity contribution in [3.8, 4) is 0 Å². The van der Waals surface area contributed by atoms with Crippen LogP contribution in [-0.4, -0.2) is 18.1 Å². The third kappa shape index (κ3) is 8.05. The molecular weight excluding hydrogens is 142 g/mol. The fourth-order valence-electron chi connectivity index (χ4n) is 0.536. The zero-order chi connectivity index (χ0) is 7.82. The Morgan fingerprint density at radius 2 is 2.10 bits per heavy atom. The van der Waals surface area contributed by atoms with Gasteiger partial charge in [-0.1, -0.05) is 26.0 Å². The van der Waals surface area contributed by atoms with Gasteiger partial charge in [-0.05, 0) is 11.7 Å². The van der Waals surface area contributed by atoms with Crippen molar-refractivity contribution in [1.29, 1.82) is 0 Å². The van der Waals surface area contributed by atoms with Gasteiger partial charge in [0.1, 0.15) is 0 Å². The van der Waals surface area contributed by atoms with Crippen molar-refractivity contribution in [3.63, 3.8) is 0 Å². The van der Waals surface area contributed by atoms with Gasteiger partial charge in [-0.3, -0.25) is 0 Å². The number of hydrogen-bond acceptors (Lipinski definition) is 2. The molecule has 0 fully saturated rings. The van der Waals surface area contributed by atoms with Crippen LogP contribution in [0.15, 0.2) is 12.2 Å². The van der Waals surface area contributed by atoms with E-state index < -0.39 is 0 Å². The van der Waals surface area contributed by atoms with Crippen LogP contribution in [0, 0.1) is 5.92 Å². The molecule has 0 radical (unpaired) electrons. The molecule has 0 bridgehead atoms. The van der Waals surface area contributed by atoms with E-state index in [2.05, 4.69) is 19.9 Å². The third-order valence-corrected chi connectivity index (χ3v) is 2.30. The molecule has 0 atom stereocenters. The van der Waals surface area contributed by atoms with Gasteiger partial charge in [0.25, 0.3) is 0 Å². The van der Waals surface area contributed by atoms with E-state index in [4.69, 9.17) is 5.73 Å². The number of thioether (sulfide) groups is 1. The average molecular weight is 159 g/mol. The van der Waals surface area contributed by atoms with Gasteiger partial charge in [0.05, 0.1) is 0 Å². The molecule has 0 aliphatic carbocycles. The second-order valence-corrected chi connectivity index (χ2v) is 3.71. The molecule has 0 rings (SSSR count). The van der Waals surface area contributed by atoms with Crippen LogP contribution in [0.2, 0.25) is 0 Å². The maximum absolute atomic E-state index is 5.27. The summed E-state index contributed by atoms with van der Waals surface area (Å²) < 4.78 is 0. The molecule has 10 heavy (non-hydrogen) atoms. The molecule has 0 aromatic heterocycles. The molecule has 0 heterocycles. The molecule has 1 nitrogen and oxygen atoms in total. The molecule has 0 amide bonds. The lowest BCUT2D eigenvalue weighted by atomic mass is 10.3. The topological polar surface area (TPSA) is 26.0 Å². The summed E-state index contributed by atoms with van der Waals surface area (Å²) in [6.45, 7) is 5.14. The molecule has 0 saturated carbocycles. The van der Waals surface area contributed by atoms with E-state index in [9.17, 15) is 0 Å². The Morgan fingerprint density at radius 3 is 2.60 bits per heavy atom. The van der Waals surface area contributed by atoms with E-state index in [-0.39, 0.29) is 0 Å². The fraction of sp³-hybridized carbons (Fsp3) is 0.750. The van der Waals surface area contributed by atoms with Crippen molar-refractivity contribution in [2.24, 2.45) is 11.7 Å². The summed E-state index contributed by atoms with van der Waals surface area (Å²) in [5, 5.41) is 0. The highest BCUT2D eigenvalue weighted by Gasteiger charge is 1.90. The SMILES string of the molecule is CC(C)CSC/C=C/CN. The quantitative estimate of drug-likeness (QED) is 0.490. The lowest BCUT2D eigenvalue weighted by Crippen LogP contribution is -1.93. The van der Waals surface area contributed by atoms with Crippen LogP contribution in [0.4, 0.5) is 0 Å². The van der Waals surface area contributed by atoms with Crippen LogP contribution in [-0.2, 0) is 0 Å². The van der Waals surface area contributed by atoms with Gasteiger partial charge in [0, 0.05) is 12.3 Å². The van der Waals surface area contributed by atoms with Crippen molar-refractivity contribution in [2.75, 3.05) is 18.1 Å². The molecule has 0 aliphatic heterocycles. The molecule has 0 saturated heterocycles. The Labute approximate surface area is 68.1 Å². The zero-order valence-corrected chi connectivity index (χ0v) is 7.66. The minimum absolute atomic E-state index is 0.669. The van der Waals surface area contributed by atoms with Crippen molar-refractivity contribution in [2.45, 2.75) is 13.8 Å². The number of rotatable bonds is 5. The van der Waals surface area contributed by atoms with Gasteiger partial charge in [-0.15, -0.1) is 0 Å². The van der Waals surface area contributed by atoms with E-state index in [1.807, 2.05) is 17.8 Å². The van der Waals surface area contributed by atoms with E-state index in [0.717, 1.165) is 11.7 Å². The first-order valence-electron chi connectivity index (χ1n) is 3.70. The first-order chi connectivity index (χ1) is 4.77. The molecule has 2 N–H and O–H groups in total. The van der Waals surface area contributed by atoms with Crippen molar-refractivity contribution >= 4 is 11.8 Å². The summed E-state index contributed by atoms with van der Waals surface area (Å²) in [6.07, 6.45) is 4.14. The van der Waals surface area contributed by atoms with Crippen LogP contribution < -0.4 is 5.73 Å². The summed E-state index contributed by atoms with van der Waals surface area (Å²) in [6, 6.07) is 0. The average Bonchev–Trinajstić information content (AvgIpc) is 1.87. The maximum Gasteiger partial charge on any atom is 0.0113 e. The Hall–Kier alpha value is 0.0500. The third-order valence-electron chi connectivity index (χ3n) is 0.968. The largest absolute Gasteiger partial charge is 0.327 e. The highest BCUT2D eigenvalue weighted by Crippen LogP contribution is 2.06. The van der Waals surface area contributed by atoms with Crippen molar-refractivity contribution in [3.05, 3.63) is 12.2 Å².